The lowest BCUT2D eigenvalue weighted by molar-refractivity contribution is 0.235. The summed E-state index contributed by atoms with van der Waals surface area (Å²) in [5, 5.41) is 26.0. The van der Waals surface area contributed by atoms with Gasteiger partial charge in [-0.05, 0) is 64.7 Å². The number of nitrogens with zero attached hydrogens (tertiary/aromatic N) is 6. The number of H-pyrrole nitrogens is 2. The molecule has 42 heavy (non-hydrogen) atoms. The van der Waals surface area contributed by atoms with Crippen LogP contribution in [0.2, 0.25) is 10.2 Å². The number of carbonyl (C=O) groups is 1. The number of anilines is 1. The number of benzene rings is 3. The molecular weight excluding hydrogens is 577 g/mol. The predicted molar refractivity (Wildman–Crippen MR) is 160 cm³/mol. The Labute approximate surface area is 249 Å². The van der Waals surface area contributed by atoms with Crippen LogP contribution in [0, 0.1) is 0 Å². The van der Waals surface area contributed by atoms with Crippen molar-refractivity contribution in [1.82, 2.24) is 51.0 Å². The number of urea groups is 1. The number of amides is 2. The molecule has 0 spiro atoms. The van der Waals surface area contributed by atoms with Gasteiger partial charge in [-0.1, -0.05) is 59.6 Å². The molecule has 6 aromatic rings. The van der Waals surface area contributed by atoms with Crippen molar-refractivity contribution in [1.29, 1.82) is 0 Å². The minimum atomic E-state index is -0.471. The number of imidazole rings is 1. The van der Waals surface area contributed by atoms with Gasteiger partial charge in [0.2, 0.25) is 0 Å². The van der Waals surface area contributed by atoms with Crippen LogP contribution >= 0.6 is 23.2 Å². The molecule has 3 aromatic carbocycles. The maximum atomic E-state index is 13.2. The molecule has 1 atom stereocenters. The van der Waals surface area contributed by atoms with Crippen LogP contribution in [0.4, 0.5) is 10.6 Å². The molecule has 3 heterocycles. The first-order valence-electron chi connectivity index (χ1n) is 13.0. The zero-order valence-corrected chi connectivity index (χ0v) is 23.6. The fraction of sp³-hybridized carbons (Fsp3) is 0.143. The van der Waals surface area contributed by atoms with Gasteiger partial charge < -0.3 is 21.4 Å². The third-order valence-electron chi connectivity index (χ3n) is 6.82. The number of aromatic amines is 2. The van der Waals surface area contributed by atoms with E-state index in [9.17, 15) is 4.79 Å². The Hall–Kier alpha value is -4.94. The van der Waals surface area contributed by atoms with Gasteiger partial charge in [0.25, 0.3) is 0 Å². The van der Waals surface area contributed by atoms with Gasteiger partial charge in [0.1, 0.15) is 23.0 Å². The van der Waals surface area contributed by atoms with Gasteiger partial charge in [-0.25, -0.2) is 14.5 Å². The highest BCUT2D eigenvalue weighted by molar-refractivity contribution is 6.32. The second-order valence-electron chi connectivity index (χ2n) is 9.59. The van der Waals surface area contributed by atoms with Crippen molar-refractivity contribution in [2.24, 2.45) is 0 Å². The summed E-state index contributed by atoms with van der Waals surface area (Å²) in [6.07, 6.45) is 2.75. The van der Waals surface area contributed by atoms with Crippen LogP contribution < -0.4 is 16.4 Å². The summed E-state index contributed by atoms with van der Waals surface area (Å²) in [5.41, 5.74) is 10.6. The third kappa shape index (κ3) is 5.90. The molecule has 0 bridgehead atoms. The van der Waals surface area contributed by atoms with E-state index in [1.807, 2.05) is 48.5 Å². The molecule has 0 radical (unpaired) electrons. The Morgan fingerprint density at radius 3 is 2.74 bits per heavy atom. The molecule has 12 nitrogen and oxygen atoms in total. The molecule has 6 rings (SSSR count). The van der Waals surface area contributed by atoms with E-state index in [4.69, 9.17) is 33.9 Å². The van der Waals surface area contributed by atoms with Crippen molar-refractivity contribution in [3.63, 3.8) is 0 Å². The van der Waals surface area contributed by atoms with Crippen LogP contribution in [-0.4, -0.2) is 46.4 Å². The molecule has 0 saturated heterocycles. The molecule has 0 saturated carbocycles. The number of hydrogen-bond donors (Lipinski definition) is 5. The van der Waals surface area contributed by atoms with E-state index < -0.39 is 6.04 Å². The summed E-state index contributed by atoms with van der Waals surface area (Å²) in [6.45, 7) is 0.185. The van der Waals surface area contributed by atoms with Gasteiger partial charge in [-0.15, -0.1) is 5.10 Å². The maximum Gasteiger partial charge on any atom is 0.315 e. The molecule has 212 valence electrons. The summed E-state index contributed by atoms with van der Waals surface area (Å²) in [4.78, 5) is 21.2. The second kappa shape index (κ2) is 11.9. The number of nitrogens with one attached hydrogen (secondary N) is 4. The highest BCUT2D eigenvalue weighted by Gasteiger charge is 2.22. The summed E-state index contributed by atoms with van der Waals surface area (Å²) in [6, 6.07) is 20.1. The van der Waals surface area contributed by atoms with E-state index in [2.05, 4.69) is 41.3 Å². The van der Waals surface area contributed by atoms with Gasteiger partial charge in [-0.2, -0.15) is 5.10 Å². The van der Waals surface area contributed by atoms with Crippen LogP contribution in [0.15, 0.2) is 73.1 Å². The van der Waals surface area contributed by atoms with Gasteiger partial charge in [0.05, 0.1) is 17.2 Å². The van der Waals surface area contributed by atoms with Gasteiger partial charge >= 0.3 is 6.03 Å². The van der Waals surface area contributed by atoms with Gasteiger partial charge in [-0.3, -0.25) is 5.10 Å². The number of aromatic nitrogens is 8. The molecule has 0 unspecified atom stereocenters. The number of halogens is 2. The Bertz CT molecular complexity index is 1830. The van der Waals surface area contributed by atoms with Gasteiger partial charge in [0.15, 0.2) is 5.82 Å². The van der Waals surface area contributed by atoms with E-state index in [0.29, 0.717) is 46.0 Å². The lowest BCUT2D eigenvalue weighted by atomic mass is 10.0. The molecule has 6 N–H and O–H groups in total. The summed E-state index contributed by atoms with van der Waals surface area (Å²) >= 11 is 12.9. The number of hydrogen-bond acceptors (Lipinski definition) is 7. The highest BCUT2D eigenvalue weighted by atomic mass is 35.5. The summed E-state index contributed by atoms with van der Waals surface area (Å²) in [7, 11) is 0. The smallest absolute Gasteiger partial charge is 0.315 e. The average molecular weight is 602 g/mol. The van der Waals surface area contributed by atoms with Crippen LogP contribution in [-0.2, 0) is 13.0 Å². The fourth-order valence-electron chi connectivity index (χ4n) is 4.72. The summed E-state index contributed by atoms with van der Waals surface area (Å²) in [5.74, 6) is 0.951. The van der Waals surface area contributed by atoms with Crippen molar-refractivity contribution in [2.45, 2.75) is 25.4 Å². The molecule has 2 amide bonds. The monoisotopic (exact) mass is 601 g/mol. The van der Waals surface area contributed by atoms with Crippen molar-refractivity contribution >= 4 is 46.0 Å². The minimum Gasteiger partial charge on any atom is -0.382 e. The van der Waals surface area contributed by atoms with E-state index in [1.165, 1.54) is 11.0 Å². The first kappa shape index (κ1) is 27.2. The number of tetrazole rings is 1. The van der Waals surface area contributed by atoms with Crippen molar-refractivity contribution in [2.75, 3.05) is 5.73 Å². The zero-order chi connectivity index (χ0) is 29.1. The van der Waals surface area contributed by atoms with E-state index in [1.54, 1.807) is 18.2 Å². The Kier molecular flexibility index (Phi) is 7.71. The average Bonchev–Trinajstić information content (AvgIpc) is 3.75. The Morgan fingerprint density at radius 1 is 1.07 bits per heavy atom. The molecular formula is C28H25Cl2N11O. The number of nitrogen functional groups attached to an aromatic ring is 1. The number of carbonyl (C=O) groups excluding carboxylic acids is 1. The van der Waals surface area contributed by atoms with Crippen molar-refractivity contribution < 1.29 is 4.79 Å². The molecule has 0 fully saturated rings. The topological polar surface area (TPSA) is 168 Å². The number of fused-ring (bicyclic) bond motifs is 1. The first-order chi connectivity index (χ1) is 20.4. The largest absolute Gasteiger partial charge is 0.382 e. The van der Waals surface area contributed by atoms with Crippen molar-refractivity contribution in [3.05, 3.63) is 100 Å². The maximum absolute atomic E-state index is 13.2. The second-order valence-corrected chi connectivity index (χ2v) is 10.4. The fourth-order valence-corrected chi connectivity index (χ4v) is 5.16. The van der Waals surface area contributed by atoms with Gasteiger partial charge in [0, 0.05) is 22.5 Å². The van der Waals surface area contributed by atoms with E-state index >= 15 is 0 Å². The molecule has 0 aliphatic rings. The molecule has 0 aliphatic carbocycles. The zero-order valence-electron chi connectivity index (χ0n) is 22.1. The predicted octanol–water partition coefficient (Wildman–Crippen LogP) is 4.99. The van der Waals surface area contributed by atoms with E-state index in [-0.39, 0.29) is 12.6 Å². The lowest BCUT2D eigenvalue weighted by Crippen LogP contribution is -2.38. The quantitative estimate of drug-likeness (QED) is 0.155. The molecule has 3 aromatic heterocycles. The number of rotatable bonds is 9. The van der Waals surface area contributed by atoms with Crippen molar-refractivity contribution in [3.8, 4) is 16.9 Å². The van der Waals surface area contributed by atoms with Crippen LogP contribution in [0.5, 0.6) is 0 Å². The Morgan fingerprint density at radius 2 is 1.93 bits per heavy atom. The first-order valence-corrected chi connectivity index (χ1v) is 13.8. The lowest BCUT2D eigenvalue weighted by Gasteiger charge is -2.18. The SMILES string of the molecule is Nc1n[nH]c2cc(-c3nc([C@H](CCc4ccccc4)NC(=O)NCc4cc(Cl)ccc4-n4cnnn4)[nH]c3Cl)ccc12. The molecule has 0 aliphatic heterocycles. The van der Waals surface area contributed by atoms with Crippen LogP contribution in [0.25, 0.3) is 27.8 Å². The number of nitrogens with two attached hydrogens (primary N) is 1. The van der Waals surface area contributed by atoms with E-state index in [0.717, 1.165) is 27.6 Å². The van der Waals surface area contributed by atoms with Crippen LogP contribution in [0.3, 0.4) is 0 Å². The normalized spacial score (nSPS) is 12.0. The number of aryl methyl sites for hydroxylation is 1. The molecule has 14 heteroatoms. The minimum absolute atomic E-state index is 0.185. The third-order valence-corrected chi connectivity index (χ3v) is 7.33. The standard InChI is InChI=1S/C28H25Cl2N11O/c29-19-8-11-23(41-15-33-39-40-41)18(12-19)14-32-28(42)34-21(10-6-16-4-2-1-3-5-16)27-35-24(25(30)36-27)17-7-9-20-22(13-17)37-38-26(20)31/h1-5,7-9,11-13,15,21H,6,10,14H2,(H,35,36)(H3,31,37,38)(H2,32,34,42)/t21-/m0/s1. The van der Waals surface area contributed by atoms with Crippen LogP contribution in [0.1, 0.15) is 29.4 Å². The Balaban J connectivity index is 1.23. The highest BCUT2D eigenvalue weighted by Crippen LogP contribution is 2.31. The summed E-state index contributed by atoms with van der Waals surface area (Å²) < 4.78 is 1.51.